The summed E-state index contributed by atoms with van der Waals surface area (Å²) in [5.74, 6) is 0.383. The topological polar surface area (TPSA) is 45.2 Å². The van der Waals surface area contributed by atoms with E-state index in [1.807, 2.05) is 37.1 Å². The van der Waals surface area contributed by atoms with Gasteiger partial charge in [-0.3, -0.25) is 9.78 Å². The van der Waals surface area contributed by atoms with E-state index in [1.54, 1.807) is 0 Å². The van der Waals surface area contributed by atoms with Crippen molar-refractivity contribution in [2.45, 2.75) is 45.7 Å². The number of nitrogens with one attached hydrogen (secondary N) is 1. The van der Waals surface area contributed by atoms with Crippen LogP contribution in [0.3, 0.4) is 0 Å². The number of hydrogen-bond donors (Lipinski definition) is 1. The van der Waals surface area contributed by atoms with Crippen LogP contribution in [0.25, 0.3) is 0 Å². The van der Waals surface area contributed by atoms with Crippen LogP contribution in [0.15, 0.2) is 24.4 Å². The molecule has 0 aliphatic carbocycles. The van der Waals surface area contributed by atoms with Crippen LogP contribution in [0.2, 0.25) is 0 Å². The van der Waals surface area contributed by atoms with E-state index in [0.29, 0.717) is 6.04 Å². The van der Waals surface area contributed by atoms with Crippen LogP contribution in [0, 0.1) is 5.92 Å². The van der Waals surface area contributed by atoms with Gasteiger partial charge < -0.3 is 10.2 Å². The van der Waals surface area contributed by atoms with Crippen molar-refractivity contribution in [2.24, 2.45) is 5.92 Å². The van der Waals surface area contributed by atoms with Gasteiger partial charge in [0.15, 0.2) is 0 Å². The van der Waals surface area contributed by atoms with E-state index >= 15 is 0 Å². The van der Waals surface area contributed by atoms with E-state index in [-0.39, 0.29) is 17.9 Å². The minimum Gasteiger partial charge on any atom is -0.342 e. The zero-order valence-corrected chi connectivity index (χ0v) is 12.7. The lowest BCUT2D eigenvalue weighted by molar-refractivity contribution is -0.135. The molecule has 1 N–H and O–H groups in total. The van der Waals surface area contributed by atoms with Gasteiger partial charge in [0, 0.05) is 37.3 Å². The zero-order valence-electron chi connectivity index (χ0n) is 12.7. The van der Waals surface area contributed by atoms with E-state index in [9.17, 15) is 4.79 Å². The summed E-state index contributed by atoms with van der Waals surface area (Å²) in [7, 11) is 0. The Balaban J connectivity index is 1.81. The molecule has 0 bridgehead atoms. The van der Waals surface area contributed by atoms with Gasteiger partial charge in [0.1, 0.15) is 0 Å². The van der Waals surface area contributed by atoms with Crippen molar-refractivity contribution in [3.05, 3.63) is 30.1 Å². The van der Waals surface area contributed by atoms with Gasteiger partial charge in [0.2, 0.25) is 5.91 Å². The maximum atomic E-state index is 11.9. The summed E-state index contributed by atoms with van der Waals surface area (Å²) in [4.78, 5) is 18.3. The van der Waals surface area contributed by atoms with Gasteiger partial charge in [0.05, 0.1) is 5.69 Å². The number of amides is 1. The Morgan fingerprint density at radius 1 is 1.30 bits per heavy atom. The normalized spacial score (nSPS) is 18.3. The predicted molar refractivity (Wildman–Crippen MR) is 80.2 cm³/mol. The van der Waals surface area contributed by atoms with E-state index < -0.39 is 0 Å². The van der Waals surface area contributed by atoms with Gasteiger partial charge >= 0.3 is 0 Å². The summed E-state index contributed by atoms with van der Waals surface area (Å²) in [6.07, 6.45) is 3.88. The lowest BCUT2D eigenvalue weighted by Gasteiger charge is -2.34. The molecular formula is C16H25N3O. The highest BCUT2D eigenvalue weighted by Crippen LogP contribution is 2.17. The van der Waals surface area contributed by atoms with Gasteiger partial charge in [-0.1, -0.05) is 19.9 Å². The van der Waals surface area contributed by atoms with Gasteiger partial charge in [-0.2, -0.15) is 0 Å². The molecule has 1 fully saturated rings. The summed E-state index contributed by atoms with van der Waals surface area (Å²) >= 11 is 0. The van der Waals surface area contributed by atoms with E-state index in [0.717, 1.165) is 31.6 Å². The van der Waals surface area contributed by atoms with Crippen LogP contribution < -0.4 is 5.32 Å². The van der Waals surface area contributed by atoms with Crippen LogP contribution >= 0.6 is 0 Å². The monoisotopic (exact) mass is 275 g/mol. The highest BCUT2D eigenvalue weighted by Gasteiger charge is 2.25. The lowest BCUT2D eigenvalue weighted by atomic mass is 10.0. The maximum Gasteiger partial charge on any atom is 0.225 e. The Morgan fingerprint density at radius 2 is 2.00 bits per heavy atom. The molecule has 1 aliphatic rings. The number of pyridine rings is 1. The van der Waals surface area contributed by atoms with Gasteiger partial charge in [0.25, 0.3) is 0 Å². The number of aromatic nitrogens is 1. The first kappa shape index (κ1) is 15.0. The summed E-state index contributed by atoms with van der Waals surface area (Å²) in [6.45, 7) is 7.81. The molecule has 0 saturated carbocycles. The molecular weight excluding hydrogens is 250 g/mol. The molecule has 1 saturated heterocycles. The molecule has 4 heteroatoms. The number of nitrogens with zero attached hydrogens (tertiary/aromatic N) is 2. The molecule has 1 atom stereocenters. The number of likely N-dealkylation sites (tertiary alicyclic amines) is 1. The quantitative estimate of drug-likeness (QED) is 0.917. The van der Waals surface area contributed by atoms with E-state index in [1.165, 1.54) is 0 Å². The Morgan fingerprint density at radius 3 is 2.55 bits per heavy atom. The molecule has 4 nitrogen and oxygen atoms in total. The predicted octanol–water partition coefficient (Wildman–Crippen LogP) is 2.38. The first-order valence-electron chi connectivity index (χ1n) is 7.53. The van der Waals surface area contributed by atoms with Gasteiger partial charge in [-0.25, -0.2) is 0 Å². The molecule has 0 aromatic carbocycles. The molecule has 1 aromatic rings. The third-order valence-electron chi connectivity index (χ3n) is 3.92. The summed E-state index contributed by atoms with van der Waals surface area (Å²) in [5.41, 5.74) is 1.08. The van der Waals surface area contributed by atoms with Crippen LogP contribution in [0.1, 0.15) is 45.3 Å². The van der Waals surface area contributed by atoms with Gasteiger partial charge in [-0.05, 0) is 31.9 Å². The number of hydrogen-bond acceptors (Lipinski definition) is 3. The standard InChI is InChI=1S/C16H25N3O/c1-12(2)16(20)19-10-7-14(8-11-19)18-13(3)15-6-4-5-9-17-15/h4-6,9,12-14,18H,7-8,10-11H2,1-3H3. The van der Waals surface area contributed by atoms with Crippen molar-refractivity contribution < 1.29 is 4.79 Å². The third-order valence-corrected chi connectivity index (χ3v) is 3.92. The zero-order chi connectivity index (χ0) is 14.5. The van der Waals surface area contributed by atoms with E-state index in [4.69, 9.17) is 0 Å². The number of piperidine rings is 1. The molecule has 1 aromatic heterocycles. The second kappa shape index (κ2) is 6.84. The Kier molecular flexibility index (Phi) is 5.12. The molecule has 2 rings (SSSR count). The van der Waals surface area contributed by atoms with Crippen molar-refractivity contribution in [1.82, 2.24) is 15.2 Å². The van der Waals surface area contributed by atoms with Gasteiger partial charge in [-0.15, -0.1) is 0 Å². The number of carbonyl (C=O) groups is 1. The fraction of sp³-hybridized carbons (Fsp3) is 0.625. The summed E-state index contributed by atoms with van der Waals surface area (Å²) < 4.78 is 0. The smallest absolute Gasteiger partial charge is 0.225 e. The molecule has 2 heterocycles. The lowest BCUT2D eigenvalue weighted by Crippen LogP contribution is -2.46. The summed E-state index contributed by atoms with van der Waals surface area (Å²) in [5, 5.41) is 3.62. The Hall–Kier alpha value is -1.42. The highest BCUT2D eigenvalue weighted by molar-refractivity contribution is 5.78. The molecule has 1 aliphatic heterocycles. The number of carbonyl (C=O) groups excluding carboxylic acids is 1. The Labute approximate surface area is 121 Å². The first-order chi connectivity index (χ1) is 9.58. The fourth-order valence-corrected chi connectivity index (χ4v) is 2.70. The van der Waals surface area contributed by atoms with Crippen LogP contribution in [-0.4, -0.2) is 34.9 Å². The molecule has 110 valence electrons. The van der Waals surface area contributed by atoms with Crippen molar-refractivity contribution in [3.63, 3.8) is 0 Å². The van der Waals surface area contributed by atoms with Crippen molar-refractivity contribution in [2.75, 3.05) is 13.1 Å². The second-order valence-electron chi connectivity index (χ2n) is 5.90. The van der Waals surface area contributed by atoms with Crippen LogP contribution in [0.4, 0.5) is 0 Å². The highest BCUT2D eigenvalue weighted by atomic mass is 16.2. The van der Waals surface area contributed by atoms with Crippen molar-refractivity contribution in [3.8, 4) is 0 Å². The first-order valence-corrected chi connectivity index (χ1v) is 7.53. The van der Waals surface area contributed by atoms with Crippen molar-refractivity contribution in [1.29, 1.82) is 0 Å². The van der Waals surface area contributed by atoms with Crippen LogP contribution in [0.5, 0.6) is 0 Å². The van der Waals surface area contributed by atoms with Crippen molar-refractivity contribution >= 4 is 5.91 Å². The maximum absolute atomic E-state index is 11.9. The SMILES string of the molecule is CC(C)C(=O)N1CCC(NC(C)c2ccccn2)CC1. The second-order valence-corrected chi connectivity index (χ2v) is 5.90. The van der Waals surface area contributed by atoms with E-state index in [2.05, 4.69) is 23.3 Å². The average Bonchev–Trinajstić information content (AvgIpc) is 2.48. The summed E-state index contributed by atoms with van der Waals surface area (Å²) in [6, 6.07) is 6.74. The Bertz CT molecular complexity index is 425. The minimum atomic E-state index is 0.104. The number of rotatable bonds is 4. The molecule has 20 heavy (non-hydrogen) atoms. The van der Waals surface area contributed by atoms with Crippen LogP contribution in [-0.2, 0) is 4.79 Å². The molecule has 1 amide bonds. The molecule has 0 radical (unpaired) electrons. The third kappa shape index (κ3) is 3.79. The fourth-order valence-electron chi connectivity index (χ4n) is 2.70. The average molecular weight is 275 g/mol. The largest absolute Gasteiger partial charge is 0.342 e. The minimum absolute atomic E-state index is 0.104. The molecule has 0 spiro atoms. The molecule has 1 unspecified atom stereocenters.